The summed E-state index contributed by atoms with van der Waals surface area (Å²) in [5.41, 5.74) is 11.7. The molecule has 54 valence electrons. The first kappa shape index (κ1) is 7.02. The third kappa shape index (κ3) is 1.45. The molecule has 0 aliphatic rings. The molecule has 1 aromatic rings. The fourth-order valence-electron chi connectivity index (χ4n) is 0.793. The van der Waals surface area contributed by atoms with Crippen molar-refractivity contribution >= 4 is 5.69 Å². The molecule has 1 aromatic carbocycles. The van der Waals surface area contributed by atoms with Crippen LogP contribution < -0.4 is 11.5 Å². The summed E-state index contributed by atoms with van der Waals surface area (Å²) in [6, 6.07) is 4.29. The van der Waals surface area contributed by atoms with Gasteiger partial charge in [0.1, 0.15) is 5.82 Å². The molecule has 0 aliphatic heterocycles. The maximum Gasteiger partial charge on any atom is 0.125 e. The van der Waals surface area contributed by atoms with Gasteiger partial charge in [0, 0.05) is 12.2 Å². The summed E-state index contributed by atoms with van der Waals surface area (Å²) in [5.74, 6) is -0.333. The molecule has 0 aromatic heterocycles. The van der Waals surface area contributed by atoms with Gasteiger partial charge >= 0.3 is 0 Å². The minimum Gasteiger partial charge on any atom is -0.399 e. The van der Waals surface area contributed by atoms with Crippen molar-refractivity contribution in [2.75, 3.05) is 5.73 Å². The molecule has 0 saturated carbocycles. The number of halogens is 1. The number of benzene rings is 1. The molecule has 0 unspecified atom stereocenters. The number of nitrogens with two attached hydrogens (primary N) is 2. The van der Waals surface area contributed by atoms with E-state index in [0.717, 1.165) is 5.56 Å². The van der Waals surface area contributed by atoms with Gasteiger partial charge in [0.25, 0.3) is 0 Å². The number of hydrogen-bond acceptors (Lipinski definition) is 2. The van der Waals surface area contributed by atoms with Crippen LogP contribution in [0.2, 0.25) is 0 Å². The standard InChI is InChI=1S/C7H9FN2/c8-6-1-5(4-9)2-7(10)3-6/h1-3H,4,9-10H2. The molecule has 0 radical (unpaired) electrons. The van der Waals surface area contributed by atoms with Gasteiger partial charge in [-0.15, -0.1) is 0 Å². The summed E-state index contributed by atoms with van der Waals surface area (Å²) in [4.78, 5) is 0. The highest BCUT2D eigenvalue weighted by Gasteiger charge is 1.94. The second kappa shape index (κ2) is 2.66. The molecule has 3 heteroatoms. The molecule has 10 heavy (non-hydrogen) atoms. The second-order valence-corrected chi connectivity index (χ2v) is 2.10. The lowest BCUT2D eigenvalue weighted by molar-refractivity contribution is 0.626. The topological polar surface area (TPSA) is 52.0 Å². The minimum absolute atomic E-state index is 0.321. The fraction of sp³-hybridized carbons (Fsp3) is 0.143. The van der Waals surface area contributed by atoms with Crippen molar-refractivity contribution in [2.45, 2.75) is 6.54 Å². The zero-order valence-corrected chi connectivity index (χ0v) is 5.47. The molecule has 4 N–H and O–H groups in total. The van der Waals surface area contributed by atoms with Crippen molar-refractivity contribution in [1.82, 2.24) is 0 Å². The summed E-state index contributed by atoms with van der Waals surface area (Å²) in [6.07, 6.45) is 0. The summed E-state index contributed by atoms with van der Waals surface area (Å²) in [7, 11) is 0. The van der Waals surface area contributed by atoms with Crippen LogP contribution in [0.15, 0.2) is 18.2 Å². The third-order valence-corrected chi connectivity index (χ3v) is 1.22. The lowest BCUT2D eigenvalue weighted by atomic mass is 10.2. The zero-order chi connectivity index (χ0) is 7.56. The van der Waals surface area contributed by atoms with Crippen molar-refractivity contribution < 1.29 is 4.39 Å². The highest BCUT2D eigenvalue weighted by Crippen LogP contribution is 2.09. The molecule has 0 spiro atoms. The summed E-state index contributed by atoms with van der Waals surface area (Å²) < 4.78 is 12.5. The number of rotatable bonds is 1. The van der Waals surface area contributed by atoms with Gasteiger partial charge in [0.15, 0.2) is 0 Å². The van der Waals surface area contributed by atoms with Crippen LogP contribution in [0.4, 0.5) is 10.1 Å². The van der Waals surface area contributed by atoms with E-state index in [2.05, 4.69) is 0 Å². The first-order valence-electron chi connectivity index (χ1n) is 2.97. The average molecular weight is 140 g/mol. The number of nitrogen functional groups attached to an aromatic ring is 1. The normalized spacial score (nSPS) is 9.80. The first-order chi connectivity index (χ1) is 4.72. The molecule has 0 saturated heterocycles. The Hall–Kier alpha value is -1.09. The number of anilines is 1. The minimum atomic E-state index is -0.333. The van der Waals surface area contributed by atoms with Gasteiger partial charge in [-0.05, 0) is 23.8 Å². The van der Waals surface area contributed by atoms with Crippen LogP contribution in [0.5, 0.6) is 0 Å². The largest absolute Gasteiger partial charge is 0.399 e. The van der Waals surface area contributed by atoms with Crippen LogP contribution in [-0.2, 0) is 6.54 Å². The highest BCUT2D eigenvalue weighted by atomic mass is 19.1. The van der Waals surface area contributed by atoms with Crippen LogP contribution in [0, 0.1) is 5.82 Å². The maximum atomic E-state index is 12.5. The van der Waals surface area contributed by atoms with Gasteiger partial charge in [-0.25, -0.2) is 4.39 Å². The maximum absolute atomic E-state index is 12.5. The quantitative estimate of drug-likeness (QED) is 0.568. The van der Waals surface area contributed by atoms with E-state index < -0.39 is 0 Å². The van der Waals surface area contributed by atoms with Gasteiger partial charge < -0.3 is 11.5 Å². The Morgan fingerprint density at radius 2 is 2.00 bits per heavy atom. The average Bonchev–Trinajstić information content (AvgIpc) is 1.85. The Balaban J connectivity index is 3.06. The van der Waals surface area contributed by atoms with Crippen molar-refractivity contribution in [1.29, 1.82) is 0 Å². The van der Waals surface area contributed by atoms with E-state index in [-0.39, 0.29) is 5.82 Å². The Labute approximate surface area is 58.6 Å². The first-order valence-corrected chi connectivity index (χ1v) is 2.97. The van der Waals surface area contributed by atoms with Crippen LogP contribution >= 0.6 is 0 Å². The monoisotopic (exact) mass is 140 g/mol. The lowest BCUT2D eigenvalue weighted by Gasteiger charge is -1.97. The van der Waals surface area contributed by atoms with E-state index in [1.165, 1.54) is 12.1 Å². The molecule has 0 heterocycles. The molecular formula is C7H9FN2. The smallest absolute Gasteiger partial charge is 0.125 e. The van der Waals surface area contributed by atoms with Crippen molar-refractivity contribution in [2.24, 2.45) is 5.73 Å². The Morgan fingerprint density at radius 3 is 2.50 bits per heavy atom. The summed E-state index contributed by atoms with van der Waals surface area (Å²) in [5, 5.41) is 0. The summed E-state index contributed by atoms with van der Waals surface area (Å²) in [6.45, 7) is 0.321. The molecule has 0 atom stereocenters. The van der Waals surface area contributed by atoms with Gasteiger partial charge in [-0.3, -0.25) is 0 Å². The van der Waals surface area contributed by atoms with Crippen molar-refractivity contribution in [3.63, 3.8) is 0 Å². The van der Waals surface area contributed by atoms with E-state index in [9.17, 15) is 4.39 Å². The van der Waals surface area contributed by atoms with Crippen LogP contribution in [0.1, 0.15) is 5.56 Å². The Bertz CT molecular complexity index is 215. The van der Waals surface area contributed by atoms with E-state index in [0.29, 0.717) is 12.2 Å². The molecule has 2 nitrogen and oxygen atoms in total. The van der Waals surface area contributed by atoms with Crippen LogP contribution in [0.3, 0.4) is 0 Å². The third-order valence-electron chi connectivity index (χ3n) is 1.22. The second-order valence-electron chi connectivity index (χ2n) is 2.10. The molecule has 0 fully saturated rings. The molecule has 0 aliphatic carbocycles. The summed E-state index contributed by atoms with van der Waals surface area (Å²) >= 11 is 0. The van der Waals surface area contributed by atoms with Crippen LogP contribution in [0.25, 0.3) is 0 Å². The van der Waals surface area contributed by atoms with Gasteiger partial charge in [0.05, 0.1) is 0 Å². The SMILES string of the molecule is NCc1cc(N)cc(F)c1. The predicted molar refractivity (Wildman–Crippen MR) is 38.7 cm³/mol. The molecule has 1 rings (SSSR count). The Morgan fingerprint density at radius 1 is 1.30 bits per heavy atom. The van der Waals surface area contributed by atoms with Crippen molar-refractivity contribution in [3.05, 3.63) is 29.6 Å². The van der Waals surface area contributed by atoms with Gasteiger partial charge in [-0.2, -0.15) is 0 Å². The molecule has 0 amide bonds. The fourth-order valence-corrected chi connectivity index (χ4v) is 0.793. The Kier molecular flexibility index (Phi) is 1.87. The van der Waals surface area contributed by atoms with E-state index >= 15 is 0 Å². The zero-order valence-electron chi connectivity index (χ0n) is 5.47. The highest BCUT2D eigenvalue weighted by molar-refractivity contribution is 5.41. The van der Waals surface area contributed by atoms with Crippen molar-refractivity contribution in [3.8, 4) is 0 Å². The van der Waals surface area contributed by atoms with E-state index in [1.807, 2.05) is 0 Å². The molecular weight excluding hydrogens is 131 g/mol. The number of hydrogen-bond donors (Lipinski definition) is 2. The van der Waals surface area contributed by atoms with E-state index in [1.54, 1.807) is 6.07 Å². The lowest BCUT2D eigenvalue weighted by Crippen LogP contribution is -1.98. The predicted octanol–water partition coefficient (Wildman–Crippen LogP) is 0.867. The van der Waals surface area contributed by atoms with Crippen LogP contribution in [-0.4, -0.2) is 0 Å². The van der Waals surface area contributed by atoms with Gasteiger partial charge in [-0.1, -0.05) is 0 Å². The van der Waals surface area contributed by atoms with Gasteiger partial charge in [0.2, 0.25) is 0 Å². The molecule has 0 bridgehead atoms. The van der Waals surface area contributed by atoms with E-state index in [4.69, 9.17) is 11.5 Å².